The lowest BCUT2D eigenvalue weighted by Gasteiger charge is -1.92. The van der Waals surface area contributed by atoms with Gasteiger partial charge in [-0.05, 0) is 25.1 Å². The SMILES string of the molecule is CCON=Nc1cccc(Cl)c1. The maximum absolute atomic E-state index is 5.72. The molecule has 64 valence electrons. The van der Waals surface area contributed by atoms with E-state index in [0.717, 1.165) is 0 Å². The van der Waals surface area contributed by atoms with Gasteiger partial charge in [0.05, 0.1) is 5.69 Å². The van der Waals surface area contributed by atoms with Crippen molar-refractivity contribution in [3.8, 4) is 0 Å². The molecular weight excluding hydrogens is 176 g/mol. The summed E-state index contributed by atoms with van der Waals surface area (Å²) in [5.41, 5.74) is 0.691. The minimum atomic E-state index is 0.518. The van der Waals surface area contributed by atoms with Gasteiger partial charge in [0, 0.05) is 10.3 Å². The fraction of sp³-hybridized carbons (Fsp3) is 0.250. The monoisotopic (exact) mass is 184 g/mol. The molecule has 0 bridgehead atoms. The van der Waals surface area contributed by atoms with Crippen LogP contribution in [0, 0.1) is 0 Å². The summed E-state index contributed by atoms with van der Waals surface area (Å²) in [6, 6.07) is 7.10. The van der Waals surface area contributed by atoms with Crippen LogP contribution in [0.4, 0.5) is 5.69 Å². The first kappa shape index (κ1) is 9.00. The molecule has 0 fully saturated rings. The summed E-state index contributed by atoms with van der Waals surface area (Å²) < 4.78 is 0. The predicted molar refractivity (Wildman–Crippen MR) is 47.6 cm³/mol. The molecule has 0 heterocycles. The molecule has 0 unspecified atom stereocenters. The third-order valence-corrected chi connectivity index (χ3v) is 1.39. The van der Waals surface area contributed by atoms with Crippen LogP contribution in [0.1, 0.15) is 6.92 Å². The van der Waals surface area contributed by atoms with Crippen molar-refractivity contribution in [3.63, 3.8) is 0 Å². The normalized spacial score (nSPS) is 10.5. The second-order valence-electron chi connectivity index (χ2n) is 2.08. The number of rotatable bonds is 3. The highest BCUT2D eigenvalue weighted by molar-refractivity contribution is 6.30. The largest absolute Gasteiger partial charge is 0.380 e. The standard InChI is InChI=1S/C8H9ClN2O/c1-2-12-11-10-8-5-3-4-7(9)6-8/h3-6H,2H2,1H3. The van der Waals surface area contributed by atoms with Crippen molar-refractivity contribution in [1.82, 2.24) is 0 Å². The Morgan fingerprint density at radius 2 is 2.33 bits per heavy atom. The number of halogens is 1. The molecule has 0 radical (unpaired) electrons. The summed E-state index contributed by atoms with van der Waals surface area (Å²) >= 11 is 5.72. The molecule has 1 aromatic rings. The van der Waals surface area contributed by atoms with Crippen molar-refractivity contribution in [3.05, 3.63) is 29.3 Å². The lowest BCUT2D eigenvalue weighted by Crippen LogP contribution is -1.74. The van der Waals surface area contributed by atoms with Crippen molar-refractivity contribution < 1.29 is 4.84 Å². The molecule has 3 nitrogen and oxygen atoms in total. The number of hydrogen-bond donors (Lipinski definition) is 0. The maximum atomic E-state index is 5.72. The van der Waals surface area contributed by atoms with E-state index in [9.17, 15) is 0 Å². The van der Waals surface area contributed by atoms with E-state index in [-0.39, 0.29) is 0 Å². The zero-order valence-electron chi connectivity index (χ0n) is 6.70. The minimum absolute atomic E-state index is 0.518. The summed E-state index contributed by atoms with van der Waals surface area (Å²) in [5, 5.41) is 7.88. The van der Waals surface area contributed by atoms with Crippen LogP contribution >= 0.6 is 11.6 Å². The Morgan fingerprint density at radius 3 is 3.00 bits per heavy atom. The molecule has 0 atom stereocenters. The van der Waals surface area contributed by atoms with Gasteiger partial charge in [-0.1, -0.05) is 17.7 Å². The Morgan fingerprint density at radius 1 is 1.50 bits per heavy atom. The second kappa shape index (κ2) is 4.72. The first-order chi connectivity index (χ1) is 5.83. The number of hydrogen-bond acceptors (Lipinski definition) is 3. The fourth-order valence-electron chi connectivity index (χ4n) is 0.672. The second-order valence-corrected chi connectivity index (χ2v) is 2.52. The molecule has 1 rings (SSSR count). The molecule has 1 aromatic carbocycles. The Kier molecular flexibility index (Phi) is 3.54. The third kappa shape index (κ3) is 2.88. The molecule has 0 N–H and O–H groups in total. The molecule has 0 aliphatic rings. The predicted octanol–water partition coefficient (Wildman–Crippen LogP) is 3.38. The van der Waals surface area contributed by atoms with Gasteiger partial charge in [-0.2, -0.15) is 0 Å². The molecule has 4 heteroatoms. The molecule has 0 saturated carbocycles. The van der Waals surface area contributed by atoms with E-state index in [1.807, 2.05) is 13.0 Å². The van der Waals surface area contributed by atoms with Crippen molar-refractivity contribution >= 4 is 17.3 Å². The van der Waals surface area contributed by atoms with Gasteiger partial charge >= 0.3 is 0 Å². The van der Waals surface area contributed by atoms with E-state index in [1.165, 1.54) is 0 Å². The van der Waals surface area contributed by atoms with Crippen LogP contribution in [-0.4, -0.2) is 6.61 Å². The average molecular weight is 185 g/mol. The van der Waals surface area contributed by atoms with E-state index >= 15 is 0 Å². The highest BCUT2D eigenvalue weighted by Crippen LogP contribution is 2.17. The van der Waals surface area contributed by atoms with Crippen molar-refractivity contribution in [2.24, 2.45) is 10.4 Å². The molecule has 0 saturated heterocycles. The highest BCUT2D eigenvalue weighted by Gasteiger charge is 1.89. The fourth-order valence-corrected chi connectivity index (χ4v) is 0.857. The number of benzene rings is 1. The molecule has 12 heavy (non-hydrogen) atoms. The summed E-state index contributed by atoms with van der Waals surface area (Å²) in [6.07, 6.45) is 0. The topological polar surface area (TPSA) is 34.0 Å². The van der Waals surface area contributed by atoms with Gasteiger partial charge in [-0.15, -0.1) is 5.11 Å². The van der Waals surface area contributed by atoms with Gasteiger partial charge in [-0.25, -0.2) is 0 Å². The van der Waals surface area contributed by atoms with Crippen LogP contribution < -0.4 is 0 Å². The molecule has 0 amide bonds. The first-order valence-corrected chi connectivity index (χ1v) is 3.99. The maximum Gasteiger partial charge on any atom is 0.116 e. The number of nitrogens with zero attached hydrogens (tertiary/aromatic N) is 2. The molecular formula is C8H9ClN2O. The van der Waals surface area contributed by atoms with Crippen LogP contribution in [0.2, 0.25) is 5.02 Å². The zero-order chi connectivity index (χ0) is 8.81. The van der Waals surface area contributed by atoms with Crippen molar-refractivity contribution in [1.29, 1.82) is 0 Å². The molecule has 0 spiro atoms. The Labute approximate surface area is 76.0 Å². The Hall–Kier alpha value is -1.09. The minimum Gasteiger partial charge on any atom is -0.380 e. The van der Waals surface area contributed by atoms with E-state index in [0.29, 0.717) is 17.3 Å². The van der Waals surface area contributed by atoms with Crippen LogP contribution in [0.3, 0.4) is 0 Å². The van der Waals surface area contributed by atoms with E-state index < -0.39 is 0 Å². The summed E-state index contributed by atoms with van der Waals surface area (Å²) in [7, 11) is 0. The van der Waals surface area contributed by atoms with Gasteiger partial charge in [0.1, 0.15) is 6.61 Å². The van der Waals surface area contributed by atoms with E-state index in [1.54, 1.807) is 18.2 Å². The molecule has 0 aliphatic carbocycles. The quantitative estimate of drug-likeness (QED) is 0.524. The van der Waals surface area contributed by atoms with Gasteiger partial charge in [0.2, 0.25) is 0 Å². The van der Waals surface area contributed by atoms with Gasteiger partial charge in [0.15, 0.2) is 0 Å². The van der Waals surface area contributed by atoms with Crippen LogP contribution in [0.15, 0.2) is 34.7 Å². The first-order valence-electron chi connectivity index (χ1n) is 3.61. The van der Waals surface area contributed by atoms with Gasteiger partial charge < -0.3 is 4.84 Å². The lowest BCUT2D eigenvalue weighted by molar-refractivity contribution is 0.139. The van der Waals surface area contributed by atoms with Crippen LogP contribution in [-0.2, 0) is 4.84 Å². The zero-order valence-corrected chi connectivity index (χ0v) is 7.45. The molecule has 0 aromatic heterocycles. The Bertz CT molecular complexity index is 276. The lowest BCUT2D eigenvalue weighted by atomic mass is 10.3. The molecule has 0 aliphatic heterocycles. The van der Waals surface area contributed by atoms with Crippen LogP contribution in [0.5, 0.6) is 0 Å². The highest BCUT2D eigenvalue weighted by atomic mass is 35.5. The Balaban J connectivity index is 2.63. The van der Waals surface area contributed by atoms with Gasteiger partial charge in [0.25, 0.3) is 0 Å². The summed E-state index contributed by atoms with van der Waals surface area (Å²) in [5.74, 6) is 0. The smallest absolute Gasteiger partial charge is 0.116 e. The third-order valence-electron chi connectivity index (χ3n) is 1.15. The van der Waals surface area contributed by atoms with E-state index in [2.05, 4.69) is 10.4 Å². The van der Waals surface area contributed by atoms with Crippen molar-refractivity contribution in [2.45, 2.75) is 6.92 Å². The van der Waals surface area contributed by atoms with Gasteiger partial charge in [-0.3, -0.25) is 0 Å². The van der Waals surface area contributed by atoms with Crippen molar-refractivity contribution in [2.75, 3.05) is 6.61 Å². The van der Waals surface area contributed by atoms with E-state index in [4.69, 9.17) is 16.4 Å². The summed E-state index contributed by atoms with van der Waals surface area (Å²) in [4.78, 5) is 4.69. The summed E-state index contributed by atoms with van der Waals surface area (Å²) in [6.45, 7) is 2.36. The van der Waals surface area contributed by atoms with Crippen LogP contribution in [0.25, 0.3) is 0 Å². The average Bonchev–Trinajstić information content (AvgIpc) is 2.05.